The Morgan fingerprint density at radius 2 is 2.10 bits per heavy atom. The maximum atomic E-state index is 11.8. The molecule has 0 aliphatic carbocycles. The molecule has 0 fully saturated rings. The molecule has 0 aliphatic rings. The number of pyridine rings is 1. The zero-order valence-electron chi connectivity index (χ0n) is 11.9. The number of carbonyl (C=O) groups excluding carboxylic acids is 2. The molecule has 1 unspecified atom stereocenters. The Labute approximate surface area is 122 Å². The second-order valence-corrected chi connectivity index (χ2v) is 4.47. The van der Waals surface area contributed by atoms with E-state index in [0.29, 0.717) is 12.3 Å². The van der Waals surface area contributed by atoms with Crippen molar-refractivity contribution < 1.29 is 14.3 Å². The number of carbonyl (C=O) groups is 2. The molecule has 0 radical (unpaired) electrons. The minimum atomic E-state index is -0.796. The van der Waals surface area contributed by atoms with Crippen molar-refractivity contribution in [1.29, 1.82) is 0 Å². The Hall–Kier alpha value is -2.63. The molecule has 0 spiro atoms. The Morgan fingerprint density at radius 3 is 2.86 bits per heavy atom. The summed E-state index contributed by atoms with van der Waals surface area (Å²) in [6, 6.07) is 8.88. The number of hydrogen-bond donors (Lipinski definition) is 2. The SMILES string of the molecule is CCNC(=O)NC(=O)C(C)Oc1cnc2ccccc2c1. The van der Waals surface area contributed by atoms with E-state index in [-0.39, 0.29) is 0 Å². The van der Waals surface area contributed by atoms with E-state index in [2.05, 4.69) is 15.6 Å². The Balaban J connectivity index is 2.01. The van der Waals surface area contributed by atoms with E-state index in [4.69, 9.17) is 4.74 Å². The van der Waals surface area contributed by atoms with Crippen molar-refractivity contribution in [2.24, 2.45) is 0 Å². The molecule has 1 aromatic heterocycles. The van der Waals surface area contributed by atoms with Gasteiger partial charge < -0.3 is 10.1 Å². The van der Waals surface area contributed by atoms with Gasteiger partial charge in [0.15, 0.2) is 6.10 Å². The van der Waals surface area contributed by atoms with E-state index >= 15 is 0 Å². The number of aromatic nitrogens is 1. The van der Waals surface area contributed by atoms with Crippen molar-refractivity contribution in [3.8, 4) is 5.75 Å². The van der Waals surface area contributed by atoms with E-state index in [1.165, 1.54) is 0 Å². The quantitative estimate of drug-likeness (QED) is 0.899. The maximum absolute atomic E-state index is 11.8. The normalized spacial score (nSPS) is 11.7. The highest BCUT2D eigenvalue weighted by atomic mass is 16.5. The molecular weight excluding hydrogens is 270 g/mol. The lowest BCUT2D eigenvalue weighted by Crippen LogP contribution is -2.45. The maximum Gasteiger partial charge on any atom is 0.321 e. The first-order chi connectivity index (χ1) is 10.1. The number of nitrogens with one attached hydrogen (secondary N) is 2. The van der Waals surface area contributed by atoms with Gasteiger partial charge in [-0.1, -0.05) is 18.2 Å². The standard InChI is InChI=1S/C15H17N3O3/c1-3-16-15(20)18-14(19)10(2)21-12-8-11-6-4-5-7-13(11)17-9-12/h4-10H,3H2,1-2H3,(H2,16,18,19,20). The average molecular weight is 287 g/mol. The third kappa shape index (κ3) is 3.92. The average Bonchev–Trinajstić information content (AvgIpc) is 2.47. The van der Waals surface area contributed by atoms with E-state index in [9.17, 15) is 9.59 Å². The van der Waals surface area contributed by atoms with Gasteiger partial charge in [0, 0.05) is 11.9 Å². The highest BCUT2D eigenvalue weighted by molar-refractivity contribution is 5.96. The molecule has 3 amide bonds. The lowest BCUT2D eigenvalue weighted by molar-refractivity contribution is -0.126. The molecule has 2 aromatic rings. The van der Waals surface area contributed by atoms with E-state index in [0.717, 1.165) is 10.9 Å². The van der Waals surface area contributed by atoms with E-state index in [1.54, 1.807) is 26.1 Å². The molecular formula is C15H17N3O3. The van der Waals surface area contributed by atoms with Crippen LogP contribution in [0.5, 0.6) is 5.75 Å². The van der Waals surface area contributed by atoms with Crippen molar-refractivity contribution >= 4 is 22.8 Å². The van der Waals surface area contributed by atoms with Crippen molar-refractivity contribution in [3.63, 3.8) is 0 Å². The van der Waals surface area contributed by atoms with Crippen molar-refractivity contribution in [2.45, 2.75) is 20.0 Å². The molecule has 0 saturated carbocycles. The summed E-state index contributed by atoms with van der Waals surface area (Å²) in [7, 11) is 0. The Morgan fingerprint density at radius 1 is 1.33 bits per heavy atom. The number of ether oxygens (including phenoxy) is 1. The minimum absolute atomic E-state index is 0.447. The molecule has 0 bridgehead atoms. The fourth-order valence-corrected chi connectivity index (χ4v) is 1.79. The molecule has 6 heteroatoms. The van der Waals surface area contributed by atoms with Gasteiger partial charge in [0.25, 0.3) is 5.91 Å². The molecule has 2 N–H and O–H groups in total. The molecule has 1 heterocycles. The Bertz CT molecular complexity index is 657. The van der Waals surface area contributed by atoms with Crippen LogP contribution in [0.3, 0.4) is 0 Å². The highest BCUT2D eigenvalue weighted by Crippen LogP contribution is 2.18. The first kappa shape index (κ1) is 14.8. The summed E-state index contributed by atoms with van der Waals surface area (Å²) in [4.78, 5) is 27.3. The van der Waals surface area contributed by atoms with Crippen molar-refractivity contribution in [3.05, 3.63) is 36.5 Å². The number of imide groups is 1. The molecule has 1 aromatic carbocycles. The second kappa shape index (κ2) is 6.69. The molecule has 1 atom stereocenters. The minimum Gasteiger partial charge on any atom is -0.479 e. The third-order valence-electron chi connectivity index (χ3n) is 2.82. The van der Waals surface area contributed by atoms with Gasteiger partial charge in [0.2, 0.25) is 0 Å². The van der Waals surface area contributed by atoms with E-state index < -0.39 is 18.0 Å². The van der Waals surface area contributed by atoms with Crippen LogP contribution < -0.4 is 15.4 Å². The summed E-state index contributed by atoms with van der Waals surface area (Å²) in [5, 5.41) is 5.61. The summed E-state index contributed by atoms with van der Waals surface area (Å²) in [5.74, 6) is -0.0265. The van der Waals surface area contributed by atoms with Crippen LogP contribution in [0, 0.1) is 0 Å². The number of para-hydroxylation sites is 1. The van der Waals surface area contributed by atoms with Gasteiger partial charge in [0.1, 0.15) is 5.75 Å². The van der Waals surface area contributed by atoms with Gasteiger partial charge in [-0.3, -0.25) is 15.1 Å². The number of amides is 3. The van der Waals surface area contributed by atoms with Gasteiger partial charge in [0.05, 0.1) is 11.7 Å². The summed E-state index contributed by atoms with van der Waals surface area (Å²) in [6.45, 7) is 3.79. The second-order valence-electron chi connectivity index (χ2n) is 4.47. The summed E-state index contributed by atoms with van der Waals surface area (Å²) >= 11 is 0. The summed E-state index contributed by atoms with van der Waals surface area (Å²) in [5.41, 5.74) is 0.851. The first-order valence-electron chi connectivity index (χ1n) is 6.70. The number of hydrogen-bond acceptors (Lipinski definition) is 4. The predicted molar refractivity (Wildman–Crippen MR) is 79.0 cm³/mol. The van der Waals surface area contributed by atoms with Crippen LogP contribution in [0.25, 0.3) is 10.9 Å². The largest absolute Gasteiger partial charge is 0.479 e. The first-order valence-corrected chi connectivity index (χ1v) is 6.70. The van der Waals surface area contributed by atoms with Crippen LogP contribution >= 0.6 is 0 Å². The van der Waals surface area contributed by atoms with Crippen LogP contribution in [0.2, 0.25) is 0 Å². The van der Waals surface area contributed by atoms with Crippen molar-refractivity contribution in [2.75, 3.05) is 6.54 Å². The predicted octanol–water partition coefficient (Wildman–Crippen LogP) is 1.85. The van der Waals surface area contributed by atoms with Gasteiger partial charge in [-0.15, -0.1) is 0 Å². The number of rotatable bonds is 4. The van der Waals surface area contributed by atoms with Crippen LogP contribution in [0.4, 0.5) is 4.79 Å². The van der Waals surface area contributed by atoms with Gasteiger partial charge in [-0.05, 0) is 26.0 Å². The smallest absolute Gasteiger partial charge is 0.321 e. The molecule has 21 heavy (non-hydrogen) atoms. The fourth-order valence-electron chi connectivity index (χ4n) is 1.79. The number of fused-ring (bicyclic) bond motifs is 1. The lowest BCUT2D eigenvalue weighted by atomic mass is 10.2. The van der Waals surface area contributed by atoms with Crippen LogP contribution in [0.1, 0.15) is 13.8 Å². The highest BCUT2D eigenvalue weighted by Gasteiger charge is 2.17. The van der Waals surface area contributed by atoms with Crippen LogP contribution in [-0.2, 0) is 4.79 Å². The van der Waals surface area contributed by atoms with Crippen LogP contribution in [-0.4, -0.2) is 29.6 Å². The summed E-state index contributed by atoms with van der Waals surface area (Å²) in [6.07, 6.45) is 0.758. The van der Waals surface area contributed by atoms with Gasteiger partial charge in [-0.25, -0.2) is 4.79 Å². The summed E-state index contributed by atoms with van der Waals surface area (Å²) < 4.78 is 5.51. The Kier molecular flexibility index (Phi) is 4.71. The molecule has 0 saturated heterocycles. The molecule has 2 rings (SSSR count). The lowest BCUT2D eigenvalue weighted by Gasteiger charge is -2.14. The zero-order valence-corrected chi connectivity index (χ0v) is 11.9. The van der Waals surface area contributed by atoms with Gasteiger partial charge >= 0.3 is 6.03 Å². The monoisotopic (exact) mass is 287 g/mol. The molecule has 0 aliphatic heterocycles. The van der Waals surface area contributed by atoms with Crippen molar-refractivity contribution in [1.82, 2.24) is 15.6 Å². The number of nitrogens with zero attached hydrogens (tertiary/aromatic N) is 1. The van der Waals surface area contributed by atoms with E-state index in [1.807, 2.05) is 24.3 Å². The number of benzene rings is 1. The van der Waals surface area contributed by atoms with Gasteiger partial charge in [-0.2, -0.15) is 0 Å². The molecule has 110 valence electrons. The number of urea groups is 1. The fraction of sp³-hybridized carbons (Fsp3) is 0.267. The van der Waals surface area contributed by atoms with Crippen LogP contribution in [0.15, 0.2) is 36.5 Å². The topological polar surface area (TPSA) is 80.3 Å². The third-order valence-corrected chi connectivity index (χ3v) is 2.82. The molecule has 6 nitrogen and oxygen atoms in total. The zero-order chi connectivity index (χ0) is 15.2.